The number of aryl methyl sites for hydroxylation is 1. The quantitative estimate of drug-likeness (QED) is 0.111. The molecule has 0 aliphatic heterocycles. The number of nitrogens with one attached hydrogen (secondary N) is 2. The Morgan fingerprint density at radius 2 is 1.89 bits per heavy atom. The number of aliphatic imine (C=N–C) groups is 1. The van der Waals surface area contributed by atoms with Crippen molar-refractivity contribution >= 4 is 17.0 Å². The van der Waals surface area contributed by atoms with E-state index in [4.69, 9.17) is 17.2 Å². The Morgan fingerprint density at radius 1 is 1.11 bits per heavy atom. The molecule has 200 valence electrons. The van der Waals surface area contributed by atoms with E-state index in [9.17, 15) is 4.79 Å². The first kappa shape index (κ1) is 27.1. The fourth-order valence-corrected chi connectivity index (χ4v) is 4.50. The number of guanidine groups is 1. The zero-order chi connectivity index (χ0) is 27.1. The summed E-state index contributed by atoms with van der Waals surface area (Å²) in [5.74, 6) is 0.116. The zero-order valence-corrected chi connectivity index (χ0v) is 22.2. The van der Waals surface area contributed by atoms with Crippen LogP contribution < -0.4 is 28.2 Å². The maximum Gasteiger partial charge on any atom is 0.354 e. The third kappa shape index (κ3) is 7.08. The summed E-state index contributed by atoms with van der Waals surface area (Å²) in [4.78, 5) is 24.5. The summed E-state index contributed by atoms with van der Waals surface area (Å²) < 4.78 is 1.58. The van der Waals surface area contributed by atoms with Gasteiger partial charge in [-0.25, -0.2) is 4.79 Å². The van der Waals surface area contributed by atoms with Crippen LogP contribution in [0.1, 0.15) is 50.3 Å². The molecule has 0 spiro atoms. The summed E-state index contributed by atoms with van der Waals surface area (Å²) in [6.45, 7) is 5.53. The molecule has 8 N–H and O–H groups in total. The topological polar surface area (TPSA) is 153 Å². The van der Waals surface area contributed by atoms with Gasteiger partial charge in [0.15, 0.2) is 5.96 Å². The number of rotatable bonds is 12. The summed E-state index contributed by atoms with van der Waals surface area (Å²) in [6, 6.07) is 18.8. The number of fused-ring (bicyclic) bond motifs is 1. The van der Waals surface area contributed by atoms with Crippen LogP contribution in [0.2, 0.25) is 0 Å². The minimum absolute atomic E-state index is 0.116. The third-order valence-electron chi connectivity index (χ3n) is 6.62. The normalized spacial score (nSPS) is 12.9. The summed E-state index contributed by atoms with van der Waals surface area (Å²) in [5.41, 5.74) is 22.0. The van der Waals surface area contributed by atoms with E-state index in [1.165, 1.54) is 5.56 Å². The highest BCUT2D eigenvalue weighted by atomic mass is 16.1. The first-order valence-electron chi connectivity index (χ1n) is 13.2. The van der Waals surface area contributed by atoms with E-state index in [1.807, 2.05) is 43.5 Å². The molecule has 2 aromatic heterocycles. The Bertz CT molecular complexity index is 1430. The molecule has 0 radical (unpaired) electrons. The van der Waals surface area contributed by atoms with Gasteiger partial charge < -0.3 is 27.5 Å². The molecule has 9 heteroatoms. The Hall–Kier alpha value is -3.95. The van der Waals surface area contributed by atoms with Crippen LogP contribution in [0.15, 0.2) is 70.6 Å². The molecule has 2 atom stereocenters. The van der Waals surface area contributed by atoms with Gasteiger partial charge in [-0.05, 0) is 87.0 Å². The number of aromatic nitrogens is 3. The van der Waals surface area contributed by atoms with Crippen molar-refractivity contribution in [1.82, 2.24) is 19.9 Å². The molecule has 0 unspecified atom stereocenters. The van der Waals surface area contributed by atoms with Crippen molar-refractivity contribution in [2.45, 2.75) is 51.6 Å². The Balaban J connectivity index is 1.47. The van der Waals surface area contributed by atoms with E-state index in [0.29, 0.717) is 12.2 Å². The smallest absolute Gasteiger partial charge is 0.354 e. The van der Waals surface area contributed by atoms with E-state index < -0.39 is 0 Å². The summed E-state index contributed by atoms with van der Waals surface area (Å²) in [7, 11) is 0. The Kier molecular flexibility index (Phi) is 8.93. The highest BCUT2D eigenvalue weighted by Crippen LogP contribution is 2.25. The Morgan fingerprint density at radius 3 is 2.63 bits per heavy atom. The second-order valence-corrected chi connectivity index (χ2v) is 9.88. The molecule has 0 bridgehead atoms. The number of nitrogens with two attached hydrogens (primary N) is 3. The molecule has 4 aromatic rings. The predicted molar refractivity (Wildman–Crippen MR) is 155 cm³/mol. The van der Waals surface area contributed by atoms with Gasteiger partial charge in [-0.15, -0.1) is 0 Å². The lowest BCUT2D eigenvalue weighted by atomic mass is 10.0. The zero-order valence-electron chi connectivity index (χ0n) is 22.2. The van der Waals surface area contributed by atoms with E-state index in [2.05, 4.69) is 51.5 Å². The van der Waals surface area contributed by atoms with Crippen LogP contribution in [0.25, 0.3) is 28.0 Å². The molecule has 38 heavy (non-hydrogen) atoms. The summed E-state index contributed by atoms with van der Waals surface area (Å²) in [5, 5.41) is 4.34. The van der Waals surface area contributed by atoms with Crippen molar-refractivity contribution in [1.29, 1.82) is 0 Å². The van der Waals surface area contributed by atoms with E-state index >= 15 is 0 Å². The molecule has 2 aromatic carbocycles. The minimum Gasteiger partial charge on any atom is -0.370 e. The fourth-order valence-electron chi connectivity index (χ4n) is 4.50. The van der Waals surface area contributed by atoms with Gasteiger partial charge in [0.2, 0.25) is 0 Å². The summed E-state index contributed by atoms with van der Waals surface area (Å²) in [6.07, 6.45) is 5.74. The van der Waals surface area contributed by atoms with E-state index in [0.717, 1.165) is 60.1 Å². The monoisotopic (exact) mass is 514 g/mol. The second kappa shape index (κ2) is 12.5. The first-order chi connectivity index (χ1) is 18.3. The maximum absolute atomic E-state index is 12.9. The molecule has 9 nitrogen and oxygen atoms in total. The molecule has 0 amide bonds. The molecule has 2 heterocycles. The lowest BCUT2D eigenvalue weighted by molar-refractivity contribution is 0.562. The van der Waals surface area contributed by atoms with Gasteiger partial charge in [-0.3, -0.25) is 9.56 Å². The van der Waals surface area contributed by atoms with Crippen molar-refractivity contribution in [2.75, 3.05) is 13.1 Å². The molecular weight excluding hydrogens is 476 g/mol. The highest BCUT2D eigenvalue weighted by molar-refractivity contribution is 5.82. The van der Waals surface area contributed by atoms with Crippen LogP contribution in [0.3, 0.4) is 0 Å². The van der Waals surface area contributed by atoms with E-state index in [1.54, 1.807) is 4.57 Å². The lowest BCUT2D eigenvalue weighted by Gasteiger charge is -2.15. The molecule has 0 saturated heterocycles. The molecular formula is C29H38N8O. The molecule has 0 aliphatic rings. The number of hydrogen-bond acceptors (Lipinski definition) is 5. The molecule has 0 fully saturated rings. The summed E-state index contributed by atoms with van der Waals surface area (Å²) >= 11 is 0. The van der Waals surface area contributed by atoms with Crippen LogP contribution in [-0.2, 0) is 6.42 Å². The molecule has 0 saturated carbocycles. The number of benzene rings is 2. The van der Waals surface area contributed by atoms with Crippen LogP contribution >= 0.6 is 0 Å². The number of nitrogens with zero attached hydrogens (tertiary/aromatic N) is 3. The minimum atomic E-state index is -0.325. The third-order valence-corrected chi connectivity index (χ3v) is 6.62. The standard InChI is InChI=1S/C29H38N8O/c1-19(30)6-3-7-21-8-4-9-23(16-21)26-17-24-18-37(29(38)36-27(24)35-26)25-12-10-22(11-13-25)20(2)33-14-5-15-34-28(31)32/h4,8-13,16-20,33H,3,5-7,14-15,30H2,1-2H3,(H4,31,32,34)(H,35,36,38)/t19-,20-/m0/s1. The van der Waals surface area contributed by atoms with E-state index in [-0.39, 0.29) is 23.7 Å². The second-order valence-electron chi connectivity index (χ2n) is 9.88. The van der Waals surface area contributed by atoms with Gasteiger partial charge in [-0.2, -0.15) is 4.98 Å². The molecule has 4 rings (SSSR count). The number of hydrogen-bond donors (Lipinski definition) is 5. The van der Waals surface area contributed by atoms with Crippen molar-refractivity contribution in [3.8, 4) is 16.9 Å². The van der Waals surface area contributed by atoms with Gasteiger partial charge in [0.25, 0.3) is 0 Å². The van der Waals surface area contributed by atoms with Crippen LogP contribution in [0.5, 0.6) is 0 Å². The van der Waals surface area contributed by atoms with Crippen molar-refractivity contribution in [3.05, 3.63) is 82.4 Å². The van der Waals surface area contributed by atoms with Crippen molar-refractivity contribution in [3.63, 3.8) is 0 Å². The number of H-pyrrole nitrogens is 1. The Labute approximate surface area is 223 Å². The maximum atomic E-state index is 12.9. The average molecular weight is 515 g/mol. The van der Waals surface area contributed by atoms with Crippen LogP contribution in [0.4, 0.5) is 0 Å². The van der Waals surface area contributed by atoms with Crippen molar-refractivity contribution < 1.29 is 0 Å². The number of aromatic amines is 1. The van der Waals surface area contributed by atoms with Gasteiger partial charge in [0.05, 0.1) is 5.69 Å². The fraction of sp³-hybridized carbons (Fsp3) is 0.345. The first-order valence-corrected chi connectivity index (χ1v) is 13.2. The van der Waals surface area contributed by atoms with Crippen molar-refractivity contribution in [2.24, 2.45) is 22.2 Å². The van der Waals surface area contributed by atoms with Gasteiger partial charge in [0.1, 0.15) is 5.65 Å². The van der Waals surface area contributed by atoms with Gasteiger partial charge >= 0.3 is 5.69 Å². The average Bonchev–Trinajstić information content (AvgIpc) is 3.31. The lowest BCUT2D eigenvalue weighted by Crippen LogP contribution is -2.24. The SMILES string of the molecule is C[C@H](N)CCCc1cccc(-c2cc3cn(-c4ccc([C@H](C)NCCCN=C(N)N)cc4)c(=O)nc3[nH]2)c1. The largest absolute Gasteiger partial charge is 0.370 e. The van der Waals surface area contributed by atoms with Crippen LogP contribution in [-0.4, -0.2) is 39.6 Å². The predicted octanol–water partition coefficient (Wildman–Crippen LogP) is 3.36. The van der Waals surface area contributed by atoms with Crippen LogP contribution in [0, 0.1) is 0 Å². The van der Waals surface area contributed by atoms with Gasteiger partial charge in [0, 0.05) is 35.9 Å². The highest BCUT2D eigenvalue weighted by Gasteiger charge is 2.11. The van der Waals surface area contributed by atoms with Gasteiger partial charge in [-0.1, -0.05) is 30.3 Å². The molecule has 0 aliphatic carbocycles.